The lowest BCUT2D eigenvalue weighted by molar-refractivity contribution is -0.227. The molecule has 6 atom stereocenters. The summed E-state index contributed by atoms with van der Waals surface area (Å²) in [6.45, 7) is 3.53. The molecule has 0 saturated carbocycles. The molecule has 3 aliphatic heterocycles. The number of halogens is 1. The van der Waals surface area contributed by atoms with Crippen molar-refractivity contribution in [3.05, 3.63) is 34.3 Å². The van der Waals surface area contributed by atoms with Crippen molar-refractivity contribution in [1.29, 1.82) is 0 Å². The Balaban J connectivity index is 1.79. The SMILES string of the molecule is COC[C@@H]1O[C@H](C2OC(=O)OC2c2ccccc2Br)[C@@]2(C(=O)OC)OC(C)(C)O[C@@H]12. The zero-order valence-electron chi connectivity index (χ0n) is 17.0. The smallest absolute Gasteiger partial charge is 0.467 e. The second-order valence-electron chi connectivity index (χ2n) is 7.77. The van der Waals surface area contributed by atoms with E-state index in [1.807, 2.05) is 18.2 Å². The van der Waals surface area contributed by atoms with Gasteiger partial charge in [0, 0.05) is 17.1 Å². The molecule has 0 N–H and O–H groups in total. The number of carbonyl (C=O) groups excluding carboxylic acids is 2. The first-order valence-corrected chi connectivity index (χ1v) is 10.3. The lowest BCUT2D eigenvalue weighted by Crippen LogP contribution is -2.58. The highest BCUT2D eigenvalue weighted by atomic mass is 79.9. The number of fused-ring (bicyclic) bond motifs is 1. The summed E-state index contributed by atoms with van der Waals surface area (Å²) in [4.78, 5) is 25.2. The molecule has 0 amide bonds. The summed E-state index contributed by atoms with van der Waals surface area (Å²) in [6, 6.07) is 7.26. The molecule has 2 unspecified atom stereocenters. The van der Waals surface area contributed by atoms with Crippen LogP contribution < -0.4 is 0 Å². The van der Waals surface area contributed by atoms with Gasteiger partial charge in [-0.1, -0.05) is 34.1 Å². The molecule has 30 heavy (non-hydrogen) atoms. The molecule has 1 aromatic carbocycles. The molecule has 0 radical (unpaired) electrons. The summed E-state index contributed by atoms with van der Waals surface area (Å²) >= 11 is 3.47. The highest BCUT2D eigenvalue weighted by Gasteiger charge is 2.74. The predicted molar refractivity (Wildman–Crippen MR) is 104 cm³/mol. The van der Waals surface area contributed by atoms with Crippen molar-refractivity contribution in [1.82, 2.24) is 0 Å². The first-order chi connectivity index (χ1) is 14.2. The third-order valence-electron chi connectivity index (χ3n) is 5.43. The van der Waals surface area contributed by atoms with Gasteiger partial charge in [-0.05, 0) is 19.9 Å². The van der Waals surface area contributed by atoms with Crippen LogP contribution in [0.25, 0.3) is 0 Å². The van der Waals surface area contributed by atoms with E-state index in [-0.39, 0.29) is 6.61 Å². The van der Waals surface area contributed by atoms with Gasteiger partial charge in [0.05, 0.1) is 13.7 Å². The van der Waals surface area contributed by atoms with E-state index in [1.54, 1.807) is 19.9 Å². The van der Waals surface area contributed by atoms with Crippen molar-refractivity contribution in [2.45, 2.75) is 55.8 Å². The number of carbonyl (C=O) groups is 2. The van der Waals surface area contributed by atoms with Gasteiger partial charge in [0.15, 0.2) is 18.0 Å². The Hall–Kier alpha value is -1.72. The molecular weight excluding hydrogens is 464 g/mol. The molecule has 0 aromatic heterocycles. The maximum Gasteiger partial charge on any atom is 0.509 e. The number of ether oxygens (including phenoxy) is 7. The predicted octanol–water partition coefficient (Wildman–Crippen LogP) is 2.50. The van der Waals surface area contributed by atoms with Gasteiger partial charge in [0.2, 0.25) is 5.60 Å². The molecule has 9 nitrogen and oxygen atoms in total. The lowest BCUT2D eigenvalue weighted by atomic mass is 9.85. The average molecular weight is 487 g/mol. The molecule has 164 valence electrons. The topological polar surface area (TPSA) is 98.8 Å². The van der Waals surface area contributed by atoms with E-state index in [4.69, 9.17) is 33.2 Å². The standard InChI is InChI=1S/C20H23BrO9/c1-19(2)29-15-12(9-24-3)26-16(20(15,30-19)17(22)25-4)14-13(27-18(23)28-14)10-7-5-6-8-11(10)21/h5-8,12-16H,9H2,1-4H3/t12-,13?,14?,15-,16+,20-/m0/s1. The van der Waals surface area contributed by atoms with Gasteiger partial charge in [-0.15, -0.1) is 0 Å². The van der Waals surface area contributed by atoms with Crippen molar-refractivity contribution in [3.8, 4) is 0 Å². The summed E-state index contributed by atoms with van der Waals surface area (Å²) in [7, 11) is 2.77. The van der Waals surface area contributed by atoms with Gasteiger partial charge in [-0.3, -0.25) is 0 Å². The highest BCUT2D eigenvalue weighted by molar-refractivity contribution is 9.10. The summed E-state index contributed by atoms with van der Waals surface area (Å²) in [6.07, 6.45) is -5.23. The molecule has 3 saturated heterocycles. The molecule has 3 aliphatic rings. The number of benzene rings is 1. The minimum Gasteiger partial charge on any atom is -0.467 e. The Morgan fingerprint density at radius 3 is 2.57 bits per heavy atom. The van der Waals surface area contributed by atoms with Crippen molar-refractivity contribution in [2.24, 2.45) is 0 Å². The van der Waals surface area contributed by atoms with Crippen LogP contribution in [-0.2, 0) is 38.0 Å². The second-order valence-corrected chi connectivity index (χ2v) is 8.62. The van der Waals surface area contributed by atoms with E-state index in [0.29, 0.717) is 5.56 Å². The zero-order chi connectivity index (χ0) is 21.7. The van der Waals surface area contributed by atoms with E-state index in [0.717, 1.165) is 4.47 Å². The molecule has 4 rings (SSSR count). The van der Waals surface area contributed by atoms with E-state index < -0.39 is 54.0 Å². The molecule has 3 fully saturated rings. The zero-order valence-corrected chi connectivity index (χ0v) is 18.5. The number of methoxy groups -OCH3 is 2. The van der Waals surface area contributed by atoms with Crippen LogP contribution in [0.1, 0.15) is 25.5 Å². The summed E-state index contributed by atoms with van der Waals surface area (Å²) < 4.78 is 40.3. The lowest BCUT2D eigenvalue weighted by Gasteiger charge is -2.33. The number of hydrogen-bond donors (Lipinski definition) is 0. The molecular formula is C20H23BrO9. The largest absolute Gasteiger partial charge is 0.509 e. The Morgan fingerprint density at radius 2 is 1.90 bits per heavy atom. The van der Waals surface area contributed by atoms with Crippen LogP contribution in [0, 0.1) is 0 Å². The van der Waals surface area contributed by atoms with Crippen molar-refractivity contribution in [3.63, 3.8) is 0 Å². The van der Waals surface area contributed by atoms with Gasteiger partial charge in [-0.2, -0.15) is 0 Å². The van der Waals surface area contributed by atoms with Gasteiger partial charge < -0.3 is 33.2 Å². The van der Waals surface area contributed by atoms with Crippen LogP contribution >= 0.6 is 15.9 Å². The van der Waals surface area contributed by atoms with E-state index >= 15 is 0 Å². The van der Waals surface area contributed by atoms with E-state index in [1.165, 1.54) is 14.2 Å². The van der Waals surface area contributed by atoms with Crippen LogP contribution in [0.15, 0.2) is 28.7 Å². The fourth-order valence-electron chi connectivity index (χ4n) is 4.40. The second kappa shape index (κ2) is 7.76. The maximum absolute atomic E-state index is 13.1. The molecule has 3 heterocycles. The number of cyclic esters (lactones) is 2. The van der Waals surface area contributed by atoms with Crippen molar-refractivity contribution >= 4 is 28.1 Å². The summed E-state index contributed by atoms with van der Waals surface area (Å²) in [5.41, 5.74) is -0.999. The van der Waals surface area contributed by atoms with E-state index in [2.05, 4.69) is 15.9 Å². The minimum absolute atomic E-state index is 0.139. The fourth-order valence-corrected chi connectivity index (χ4v) is 4.91. The van der Waals surface area contributed by atoms with E-state index in [9.17, 15) is 9.59 Å². The monoisotopic (exact) mass is 486 g/mol. The van der Waals surface area contributed by atoms with Crippen molar-refractivity contribution < 1.29 is 42.7 Å². The molecule has 0 spiro atoms. The van der Waals surface area contributed by atoms with Crippen molar-refractivity contribution in [2.75, 3.05) is 20.8 Å². The molecule has 10 heteroatoms. The highest BCUT2D eigenvalue weighted by Crippen LogP contribution is 2.52. The van der Waals surface area contributed by atoms with Gasteiger partial charge in [0.1, 0.15) is 18.3 Å². The first-order valence-electron chi connectivity index (χ1n) is 9.46. The Bertz CT molecular complexity index is 843. The average Bonchev–Trinajstić information content (AvgIpc) is 3.30. The molecule has 1 aromatic rings. The Morgan fingerprint density at radius 1 is 1.17 bits per heavy atom. The summed E-state index contributed by atoms with van der Waals surface area (Å²) in [5.74, 6) is -1.78. The quantitative estimate of drug-likeness (QED) is 0.581. The first kappa shape index (κ1) is 21.5. The number of esters is 1. The third kappa shape index (κ3) is 3.31. The fraction of sp³-hybridized carbons (Fsp3) is 0.600. The van der Waals surface area contributed by atoms with Crippen LogP contribution in [0.5, 0.6) is 0 Å². The molecule has 0 aliphatic carbocycles. The minimum atomic E-state index is -1.67. The van der Waals surface area contributed by atoms with Crippen LogP contribution in [0.3, 0.4) is 0 Å². The number of hydrogen-bond acceptors (Lipinski definition) is 9. The Kier molecular flexibility index (Phi) is 5.56. The summed E-state index contributed by atoms with van der Waals surface area (Å²) in [5, 5.41) is 0. The third-order valence-corrected chi connectivity index (χ3v) is 6.15. The molecule has 0 bridgehead atoms. The van der Waals surface area contributed by atoms with Gasteiger partial charge >= 0.3 is 12.1 Å². The van der Waals surface area contributed by atoms with Crippen LogP contribution in [0.4, 0.5) is 4.79 Å². The van der Waals surface area contributed by atoms with Gasteiger partial charge in [-0.25, -0.2) is 9.59 Å². The van der Waals surface area contributed by atoms with Crippen LogP contribution in [0.2, 0.25) is 0 Å². The Labute approximate surface area is 182 Å². The normalized spacial score (nSPS) is 36.8. The van der Waals surface area contributed by atoms with Crippen LogP contribution in [-0.4, -0.2) is 68.8 Å². The van der Waals surface area contributed by atoms with Gasteiger partial charge in [0.25, 0.3) is 0 Å². The maximum atomic E-state index is 13.1. The number of rotatable bonds is 5.